The van der Waals surface area contributed by atoms with Gasteiger partial charge in [-0.3, -0.25) is 4.68 Å². The van der Waals surface area contributed by atoms with Crippen molar-refractivity contribution in [2.24, 2.45) is 7.05 Å². The minimum absolute atomic E-state index is 0.317. The van der Waals surface area contributed by atoms with Gasteiger partial charge in [-0.15, -0.1) is 0 Å². The van der Waals surface area contributed by atoms with Crippen LogP contribution in [-0.4, -0.2) is 19.9 Å². The summed E-state index contributed by atoms with van der Waals surface area (Å²) < 4.78 is 9.12. The SMILES string of the molecule is Cn1ncc(-c2noc([C@@H]3C[C@H]3c3ccc(Br)cc3)n2)c1Br. The van der Waals surface area contributed by atoms with Crippen molar-refractivity contribution in [3.8, 4) is 11.4 Å². The molecule has 0 radical (unpaired) electrons. The van der Waals surface area contributed by atoms with E-state index in [-0.39, 0.29) is 0 Å². The van der Waals surface area contributed by atoms with E-state index >= 15 is 0 Å². The van der Waals surface area contributed by atoms with E-state index in [0.717, 1.165) is 21.1 Å². The van der Waals surface area contributed by atoms with Gasteiger partial charge in [0, 0.05) is 17.4 Å². The number of rotatable bonds is 3. The highest BCUT2D eigenvalue weighted by molar-refractivity contribution is 9.10. The van der Waals surface area contributed by atoms with Gasteiger partial charge in [-0.05, 0) is 46.0 Å². The number of aromatic nitrogens is 4. The topological polar surface area (TPSA) is 56.7 Å². The predicted molar refractivity (Wildman–Crippen MR) is 88.4 cm³/mol. The second kappa shape index (κ2) is 5.31. The second-order valence-corrected chi connectivity index (χ2v) is 7.10. The van der Waals surface area contributed by atoms with Crippen molar-refractivity contribution in [1.29, 1.82) is 0 Å². The van der Waals surface area contributed by atoms with Crippen molar-refractivity contribution < 1.29 is 4.52 Å². The van der Waals surface area contributed by atoms with Gasteiger partial charge in [0.25, 0.3) is 0 Å². The van der Waals surface area contributed by atoms with Crippen LogP contribution in [0.4, 0.5) is 0 Å². The molecule has 1 aromatic carbocycles. The summed E-state index contributed by atoms with van der Waals surface area (Å²) in [5.74, 6) is 2.08. The Bertz CT molecular complexity index is 824. The Hall–Kier alpha value is -1.47. The van der Waals surface area contributed by atoms with E-state index < -0.39 is 0 Å². The van der Waals surface area contributed by atoms with E-state index in [4.69, 9.17) is 4.52 Å². The molecule has 0 N–H and O–H groups in total. The average molecular weight is 424 g/mol. The number of halogens is 2. The molecular formula is C15H12Br2N4O. The first-order valence-electron chi connectivity index (χ1n) is 6.90. The maximum absolute atomic E-state index is 5.45. The van der Waals surface area contributed by atoms with Gasteiger partial charge in [0.2, 0.25) is 11.7 Å². The minimum atomic E-state index is 0.317. The largest absolute Gasteiger partial charge is 0.339 e. The van der Waals surface area contributed by atoms with Crippen LogP contribution in [0.25, 0.3) is 11.4 Å². The molecule has 0 bridgehead atoms. The Balaban J connectivity index is 1.56. The van der Waals surface area contributed by atoms with Crippen molar-refractivity contribution in [1.82, 2.24) is 19.9 Å². The van der Waals surface area contributed by atoms with Crippen LogP contribution in [0.3, 0.4) is 0 Å². The molecule has 0 spiro atoms. The fourth-order valence-electron chi connectivity index (χ4n) is 2.61. The molecule has 0 aliphatic heterocycles. The molecule has 2 heterocycles. The number of nitrogens with zero attached hydrogens (tertiary/aromatic N) is 4. The number of benzene rings is 1. The molecule has 3 aromatic rings. The summed E-state index contributed by atoms with van der Waals surface area (Å²) in [5, 5.41) is 8.26. The Morgan fingerprint density at radius 1 is 1.18 bits per heavy atom. The first-order valence-corrected chi connectivity index (χ1v) is 8.49. The lowest BCUT2D eigenvalue weighted by Crippen LogP contribution is -1.89. The molecule has 0 unspecified atom stereocenters. The molecule has 112 valence electrons. The van der Waals surface area contributed by atoms with E-state index in [1.54, 1.807) is 10.9 Å². The summed E-state index contributed by atoms with van der Waals surface area (Å²) in [5.41, 5.74) is 2.16. The molecule has 0 amide bonds. The molecule has 5 nitrogen and oxygen atoms in total. The average Bonchev–Trinajstić information content (AvgIpc) is 3.04. The first kappa shape index (κ1) is 14.1. The van der Waals surface area contributed by atoms with Gasteiger partial charge >= 0.3 is 0 Å². The van der Waals surface area contributed by atoms with Gasteiger partial charge in [0.05, 0.1) is 11.8 Å². The number of aryl methyl sites for hydroxylation is 1. The quantitative estimate of drug-likeness (QED) is 0.631. The van der Waals surface area contributed by atoms with Crippen LogP contribution in [0.2, 0.25) is 0 Å². The third-order valence-corrected chi connectivity index (χ3v) is 5.42. The fourth-order valence-corrected chi connectivity index (χ4v) is 3.25. The zero-order valence-electron chi connectivity index (χ0n) is 11.7. The van der Waals surface area contributed by atoms with Gasteiger partial charge in [-0.25, -0.2) is 0 Å². The Morgan fingerprint density at radius 2 is 1.95 bits per heavy atom. The molecule has 1 aliphatic rings. The normalized spacial score (nSPS) is 20.3. The summed E-state index contributed by atoms with van der Waals surface area (Å²) in [7, 11) is 1.86. The third-order valence-electron chi connectivity index (χ3n) is 3.95. The Kier molecular flexibility index (Phi) is 3.41. The summed E-state index contributed by atoms with van der Waals surface area (Å²) in [6, 6.07) is 8.42. The van der Waals surface area contributed by atoms with Crippen LogP contribution in [0.5, 0.6) is 0 Å². The lowest BCUT2D eigenvalue weighted by atomic mass is 10.1. The monoisotopic (exact) mass is 422 g/mol. The van der Waals surface area contributed by atoms with Crippen molar-refractivity contribution in [2.45, 2.75) is 18.3 Å². The summed E-state index contributed by atoms with van der Waals surface area (Å²) in [4.78, 5) is 4.54. The van der Waals surface area contributed by atoms with E-state index in [1.165, 1.54) is 5.56 Å². The molecule has 0 saturated heterocycles. The number of hydrogen-bond acceptors (Lipinski definition) is 4. The Labute approximate surface area is 144 Å². The van der Waals surface area contributed by atoms with Gasteiger partial charge in [-0.2, -0.15) is 10.1 Å². The van der Waals surface area contributed by atoms with Crippen LogP contribution in [0.15, 0.2) is 44.1 Å². The van der Waals surface area contributed by atoms with E-state index in [1.807, 2.05) is 7.05 Å². The van der Waals surface area contributed by atoms with Crippen LogP contribution >= 0.6 is 31.9 Å². The smallest absolute Gasteiger partial charge is 0.230 e. The predicted octanol–water partition coefficient (Wildman–Crippen LogP) is 4.27. The maximum atomic E-state index is 5.45. The van der Waals surface area contributed by atoms with Crippen LogP contribution in [0, 0.1) is 0 Å². The van der Waals surface area contributed by atoms with Crippen LogP contribution < -0.4 is 0 Å². The molecule has 1 saturated carbocycles. The van der Waals surface area contributed by atoms with Crippen molar-refractivity contribution in [3.05, 3.63) is 51.0 Å². The lowest BCUT2D eigenvalue weighted by Gasteiger charge is -1.98. The molecule has 2 atom stereocenters. The zero-order chi connectivity index (χ0) is 15.3. The highest BCUT2D eigenvalue weighted by Gasteiger charge is 2.43. The molecule has 1 fully saturated rings. The summed E-state index contributed by atoms with van der Waals surface area (Å²) >= 11 is 6.94. The maximum Gasteiger partial charge on any atom is 0.230 e. The highest BCUT2D eigenvalue weighted by Crippen LogP contribution is 2.54. The lowest BCUT2D eigenvalue weighted by molar-refractivity contribution is 0.378. The van der Waals surface area contributed by atoms with Gasteiger partial charge < -0.3 is 4.52 Å². The van der Waals surface area contributed by atoms with Crippen molar-refractivity contribution >= 4 is 31.9 Å². The van der Waals surface area contributed by atoms with Gasteiger partial charge in [0.1, 0.15) is 4.60 Å². The van der Waals surface area contributed by atoms with Gasteiger partial charge in [-0.1, -0.05) is 33.2 Å². The summed E-state index contributed by atoms with van der Waals surface area (Å²) in [6.45, 7) is 0. The van der Waals surface area contributed by atoms with E-state index in [9.17, 15) is 0 Å². The van der Waals surface area contributed by atoms with Crippen molar-refractivity contribution in [3.63, 3.8) is 0 Å². The molecule has 1 aliphatic carbocycles. The Morgan fingerprint density at radius 3 is 2.64 bits per heavy atom. The van der Waals surface area contributed by atoms with E-state index in [2.05, 4.69) is 71.4 Å². The molecule has 4 rings (SSSR count). The number of hydrogen-bond donors (Lipinski definition) is 0. The van der Waals surface area contributed by atoms with Gasteiger partial charge in [0.15, 0.2) is 0 Å². The van der Waals surface area contributed by atoms with Crippen LogP contribution in [-0.2, 0) is 7.05 Å². The highest BCUT2D eigenvalue weighted by atomic mass is 79.9. The third kappa shape index (κ3) is 2.42. The van der Waals surface area contributed by atoms with E-state index in [0.29, 0.717) is 23.6 Å². The standard InChI is InChI=1S/C15H12Br2N4O/c1-21-13(17)12(7-18-21)14-19-15(22-20-14)11-6-10(11)8-2-4-9(16)5-3-8/h2-5,7,10-11H,6H2,1H3/t10-,11+/m0/s1. The first-order chi connectivity index (χ1) is 10.6. The molecule has 2 aromatic heterocycles. The molecule has 22 heavy (non-hydrogen) atoms. The second-order valence-electron chi connectivity index (χ2n) is 5.43. The molecular weight excluding hydrogens is 412 g/mol. The molecule has 7 heteroatoms. The summed E-state index contributed by atoms with van der Waals surface area (Å²) in [6.07, 6.45) is 2.79. The van der Waals surface area contributed by atoms with Crippen molar-refractivity contribution in [2.75, 3.05) is 0 Å². The fraction of sp³-hybridized carbons (Fsp3) is 0.267. The zero-order valence-corrected chi connectivity index (χ0v) is 14.9. The minimum Gasteiger partial charge on any atom is -0.339 e. The van der Waals surface area contributed by atoms with Crippen LogP contribution in [0.1, 0.15) is 29.7 Å².